The van der Waals surface area contributed by atoms with Crippen LogP contribution in [0.25, 0.3) is 5.70 Å². The molecule has 0 atom stereocenters. The fourth-order valence-corrected chi connectivity index (χ4v) is 1.89. The van der Waals surface area contributed by atoms with Gasteiger partial charge in [0.2, 0.25) is 0 Å². The number of sulfone groups is 1. The number of benzene rings is 1. The Kier molecular flexibility index (Phi) is 12.1. The van der Waals surface area contributed by atoms with E-state index in [4.69, 9.17) is 5.11 Å². The van der Waals surface area contributed by atoms with Crippen LogP contribution >= 0.6 is 0 Å². The van der Waals surface area contributed by atoms with Gasteiger partial charge in [0.15, 0.2) is 9.84 Å². The van der Waals surface area contributed by atoms with Crippen LogP contribution in [0.15, 0.2) is 35.7 Å². The summed E-state index contributed by atoms with van der Waals surface area (Å²) in [7, 11) is -3.20. The number of rotatable bonds is 5. The van der Waals surface area contributed by atoms with E-state index in [9.17, 15) is 8.42 Å². The van der Waals surface area contributed by atoms with Gasteiger partial charge in [-0.2, -0.15) is 0 Å². The molecule has 0 amide bonds. The van der Waals surface area contributed by atoms with Crippen molar-refractivity contribution in [2.24, 2.45) is 0 Å². The van der Waals surface area contributed by atoms with E-state index in [1.165, 1.54) is 6.07 Å². The van der Waals surface area contributed by atoms with Gasteiger partial charge in [0.1, 0.15) is 0 Å². The molecule has 0 heterocycles. The van der Waals surface area contributed by atoms with Crippen molar-refractivity contribution in [3.8, 4) is 0 Å². The number of hydrogen-bond acceptors (Lipinski definition) is 4. The van der Waals surface area contributed by atoms with Crippen molar-refractivity contribution in [2.75, 3.05) is 19.4 Å². The molecule has 0 unspecified atom stereocenters. The zero-order valence-electron chi connectivity index (χ0n) is 13.1. The highest BCUT2D eigenvalue weighted by molar-refractivity contribution is 7.90. The van der Waals surface area contributed by atoms with E-state index in [1.807, 2.05) is 27.7 Å². The van der Waals surface area contributed by atoms with Crippen LogP contribution in [-0.4, -0.2) is 32.9 Å². The van der Waals surface area contributed by atoms with E-state index >= 15 is 0 Å². The predicted octanol–water partition coefficient (Wildman–Crippen LogP) is 2.70. The molecule has 5 heteroatoms. The summed E-state index contributed by atoms with van der Waals surface area (Å²) in [6.07, 6.45) is 1.16. The summed E-state index contributed by atoms with van der Waals surface area (Å²) in [5.74, 6) is 0. The third kappa shape index (κ3) is 7.96. The monoisotopic (exact) mass is 301 g/mol. The molecule has 4 nitrogen and oxygen atoms in total. The first-order chi connectivity index (χ1) is 9.45. The number of aliphatic hydroxyl groups excluding tert-OH is 1. The molecule has 116 valence electrons. The Hall–Kier alpha value is -1.33. The maximum atomic E-state index is 11.3. The molecule has 0 aliphatic carbocycles. The van der Waals surface area contributed by atoms with Gasteiger partial charge in [-0.25, -0.2) is 8.42 Å². The van der Waals surface area contributed by atoms with Crippen molar-refractivity contribution in [2.45, 2.75) is 32.6 Å². The third-order valence-electron chi connectivity index (χ3n) is 2.06. The summed E-state index contributed by atoms with van der Waals surface area (Å²) < 4.78 is 22.7. The Morgan fingerprint density at radius 3 is 2.25 bits per heavy atom. The first kappa shape index (κ1) is 21.0. The van der Waals surface area contributed by atoms with Gasteiger partial charge in [-0.05, 0) is 17.7 Å². The van der Waals surface area contributed by atoms with Crippen LogP contribution in [0.1, 0.15) is 33.3 Å². The highest BCUT2D eigenvalue weighted by Gasteiger charge is 2.08. The average Bonchev–Trinajstić information content (AvgIpc) is 2.48. The van der Waals surface area contributed by atoms with Crippen LogP contribution in [0, 0.1) is 0 Å². The number of aliphatic hydroxyl groups is 1. The lowest BCUT2D eigenvalue weighted by molar-refractivity contribution is 0.299. The highest BCUT2D eigenvalue weighted by atomic mass is 32.2. The summed E-state index contributed by atoms with van der Waals surface area (Å²) in [5, 5.41) is 11.5. The topological polar surface area (TPSA) is 66.4 Å². The largest absolute Gasteiger partial charge is 0.395 e. The molecule has 0 saturated carbocycles. The van der Waals surface area contributed by atoms with E-state index in [-0.39, 0.29) is 11.5 Å². The first-order valence-electron chi connectivity index (χ1n) is 6.79. The van der Waals surface area contributed by atoms with Crippen molar-refractivity contribution >= 4 is 15.5 Å². The quantitative estimate of drug-likeness (QED) is 0.877. The number of hydrogen-bond donors (Lipinski definition) is 2. The molecular weight excluding hydrogens is 274 g/mol. The lowest BCUT2D eigenvalue weighted by Gasteiger charge is -2.09. The molecule has 1 aromatic carbocycles. The van der Waals surface area contributed by atoms with E-state index in [2.05, 4.69) is 11.9 Å². The minimum atomic E-state index is -3.20. The molecule has 0 saturated heterocycles. The summed E-state index contributed by atoms with van der Waals surface area (Å²) in [6.45, 7) is 12.2. The highest BCUT2D eigenvalue weighted by Crippen LogP contribution is 2.15. The van der Waals surface area contributed by atoms with Gasteiger partial charge < -0.3 is 10.4 Å². The Morgan fingerprint density at radius 1 is 1.25 bits per heavy atom. The molecule has 0 fully saturated rings. The maximum Gasteiger partial charge on any atom is 0.175 e. The summed E-state index contributed by atoms with van der Waals surface area (Å²) in [5.41, 5.74) is 1.30. The Labute approximate surface area is 123 Å². The molecule has 0 aromatic heterocycles. The van der Waals surface area contributed by atoms with Crippen molar-refractivity contribution < 1.29 is 13.5 Å². The van der Waals surface area contributed by atoms with Crippen LogP contribution in [0.4, 0.5) is 0 Å². The van der Waals surface area contributed by atoms with Crippen molar-refractivity contribution in [3.63, 3.8) is 0 Å². The summed E-state index contributed by atoms with van der Waals surface area (Å²) in [6, 6.07) is 6.53. The van der Waals surface area contributed by atoms with Gasteiger partial charge in [0, 0.05) is 18.5 Å². The Bertz CT molecular complexity index is 482. The van der Waals surface area contributed by atoms with Gasteiger partial charge in [-0.15, -0.1) is 0 Å². The van der Waals surface area contributed by atoms with Gasteiger partial charge in [0.05, 0.1) is 11.5 Å². The van der Waals surface area contributed by atoms with E-state index in [0.717, 1.165) is 6.26 Å². The van der Waals surface area contributed by atoms with E-state index < -0.39 is 9.84 Å². The molecule has 20 heavy (non-hydrogen) atoms. The number of nitrogens with one attached hydrogen (secondary N) is 1. The molecule has 2 N–H and O–H groups in total. The molecule has 0 aliphatic rings. The van der Waals surface area contributed by atoms with Crippen LogP contribution < -0.4 is 5.32 Å². The van der Waals surface area contributed by atoms with Gasteiger partial charge in [-0.1, -0.05) is 46.4 Å². The van der Waals surface area contributed by atoms with Crippen LogP contribution in [-0.2, 0) is 9.84 Å². The second-order valence-electron chi connectivity index (χ2n) is 3.43. The zero-order valence-corrected chi connectivity index (χ0v) is 13.9. The smallest absolute Gasteiger partial charge is 0.175 e. The second-order valence-corrected chi connectivity index (χ2v) is 5.44. The lowest BCUT2D eigenvalue weighted by Crippen LogP contribution is -2.16. The fourth-order valence-electron chi connectivity index (χ4n) is 1.22. The third-order valence-corrected chi connectivity index (χ3v) is 3.17. The van der Waals surface area contributed by atoms with Crippen molar-refractivity contribution in [1.82, 2.24) is 5.32 Å². The van der Waals surface area contributed by atoms with Crippen LogP contribution in [0.3, 0.4) is 0 Å². The first-order valence-corrected chi connectivity index (χ1v) is 8.68. The van der Waals surface area contributed by atoms with Crippen molar-refractivity contribution in [3.05, 3.63) is 36.4 Å². The molecule has 0 radical (unpaired) electrons. The molecule has 0 aliphatic heterocycles. The fraction of sp³-hybridized carbons (Fsp3) is 0.467. The van der Waals surface area contributed by atoms with Gasteiger partial charge in [-0.3, -0.25) is 0 Å². The lowest BCUT2D eigenvalue weighted by atomic mass is 10.2. The standard InChI is InChI=1S/C11H15NO3S.2C2H6/c1-9(12-6-7-13)10-4-3-5-11(8-10)16(2,14)15;2*1-2/h3-5,8,12-13H,1,6-7H2,2H3;2*1-2H3. The second kappa shape index (κ2) is 11.5. The van der Waals surface area contributed by atoms with Crippen LogP contribution in [0.2, 0.25) is 0 Å². The van der Waals surface area contributed by atoms with Crippen molar-refractivity contribution in [1.29, 1.82) is 0 Å². The summed E-state index contributed by atoms with van der Waals surface area (Å²) in [4.78, 5) is 0.261. The van der Waals surface area contributed by atoms with Gasteiger partial charge in [0.25, 0.3) is 0 Å². The molecular formula is C15H27NO3S. The average molecular weight is 301 g/mol. The molecule has 1 aromatic rings. The molecule has 0 spiro atoms. The zero-order chi connectivity index (χ0) is 16.2. The van der Waals surface area contributed by atoms with E-state index in [0.29, 0.717) is 17.8 Å². The normalized spacial score (nSPS) is 9.50. The van der Waals surface area contributed by atoms with E-state index in [1.54, 1.807) is 18.2 Å². The Balaban J connectivity index is 0. The minimum Gasteiger partial charge on any atom is -0.395 e. The Morgan fingerprint density at radius 2 is 1.80 bits per heavy atom. The molecule has 1 rings (SSSR count). The van der Waals surface area contributed by atoms with Gasteiger partial charge >= 0.3 is 0 Å². The summed E-state index contributed by atoms with van der Waals surface area (Å²) >= 11 is 0. The SMILES string of the molecule is C=C(NCCO)c1cccc(S(C)(=O)=O)c1.CC.CC. The maximum absolute atomic E-state index is 11.3. The van der Waals surface area contributed by atoms with Crippen LogP contribution in [0.5, 0.6) is 0 Å². The minimum absolute atomic E-state index is 0.00475. The predicted molar refractivity (Wildman–Crippen MR) is 86.4 cm³/mol. The molecule has 0 bridgehead atoms.